The molecule has 0 fully saturated rings. The van der Waals surface area contributed by atoms with Crippen LogP contribution < -0.4 is 5.32 Å². The number of nitrogens with one attached hydrogen (secondary N) is 1. The lowest BCUT2D eigenvalue weighted by Gasteiger charge is -2.11. The molecule has 0 radical (unpaired) electrons. The number of hydrogen-bond donors (Lipinski definition) is 1. The standard InChI is InChI=1S/C18H25N3S/c1-13-7-8-15(12-14(13)2)21-18-16(6-4-5-10-19-18)17(20-21)9-11-22-3/h7-8,12,19H,4-6,9-11H2,1-3H3. The Balaban J connectivity index is 2.06. The number of anilines is 1. The van der Waals surface area contributed by atoms with E-state index in [1.807, 2.05) is 11.8 Å². The summed E-state index contributed by atoms with van der Waals surface area (Å²) in [5, 5.41) is 8.57. The Bertz CT molecular complexity index is 661. The zero-order valence-electron chi connectivity index (χ0n) is 13.8. The first-order valence-electron chi connectivity index (χ1n) is 8.12. The maximum atomic E-state index is 4.95. The van der Waals surface area contributed by atoms with Crippen molar-refractivity contribution >= 4 is 17.6 Å². The van der Waals surface area contributed by atoms with E-state index in [1.54, 1.807) is 0 Å². The van der Waals surface area contributed by atoms with Crippen molar-refractivity contribution in [2.24, 2.45) is 0 Å². The predicted octanol–water partition coefficient (Wildman–Crippen LogP) is 4.14. The number of nitrogens with zero attached hydrogens (tertiary/aromatic N) is 2. The van der Waals surface area contributed by atoms with Gasteiger partial charge in [-0.3, -0.25) is 0 Å². The smallest absolute Gasteiger partial charge is 0.133 e. The first kappa shape index (κ1) is 15.5. The largest absolute Gasteiger partial charge is 0.370 e. The van der Waals surface area contributed by atoms with E-state index >= 15 is 0 Å². The van der Waals surface area contributed by atoms with E-state index in [2.05, 4.69) is 48.3 Å². The van der Waals surface area contributed by atoms with Crippen molar-refractivity contribution in [1.82, 2.24) is 9.78 Å². The first-order chi connectivity index (χ1) is 10.7. The molecule has 1 aliphatic heterocycles. The van der Waals surface area contributed by atoms with Gasteiger partial charge in [0.1, 0.15) is 5.82 Å². The summed E-state index contributed by atoms with van der Waals surface area (Å²) in [4.78, 5) is 0. The molecule has 0 saturated heterocycles. The van der Waals surface area contributed by atoms with Gasteiger partial charge in [0.25, 0.3) is 0 Å². The summed E-state index contributed by atoms with van der Waals surface area (Å²) in [6.45, 7) is 5.37. The molecule has 0 atom stereocenters. The van der Waals surface area contributed by atoms with Crippen molar-refractivity contribution < 1.29 is 0 Å². The van der Waals surface area contributed by atoms with Gasteiger partial charge in [-0.1, -0.05) is 6.07 Å². The summed E-state index contributed by atoms with van der Waals surface area (Å²) in [5.41, 5.74) is 6.53. The van der Waals surface area contributed by atoms with Crippen LogP contribution in [0, 0.1) is 13.8 Å². The molecule has 1 N–H and O–H groups in total. The van der Waals surface area contributed by atoms with Gasteiger partial charge in [0.05, 0.1) is 11.4 Å². The van der Waals surface area contributed by atoms with E-state index in [4.69, 9.17) is 5.10 Å². The van der Waals surface area contributed by atoms with Gasteiger partial charge < -0.3 is 5.32 Å². The molecule has 1 aliphatic rings. The normalized spacial score (nSPS) is 14.3. The Labute approximate surface area is 137 Å². The van der Waals surface area contributed by atoms with Gasteiger partial charge in [-0.05, 0) is 68.4 Å². The zero-order valence-corrected chi connectivity index (χ0v) is 14.6. The minimum atomic E-state index is 1.05. The molecule has 0 bridgehead atoms. The van der Waals surface area contributed by atoms with E-state index < -0.39 is 0 Å². The van der Waals surface area contributed by atoms with Crippen molar-refractivity contribution in [1.29, 1.82) is 0 Å². The molecule has 0 unspecified atom stereocenters. The third-order valence-corrected chi connectivity index (χ3v) is 5.10. The topological polar surface area (TPSA) is 29.9 Å². The van der Waals surface area contributed by atoms with Crippen molar-refractivity contribution in [3.63, 3.8) is 0 Å². The minimum absolute atomic E-state index is 1.05. The van der Waals surface area contributed by atoms with Crippen LogP contribution in [0.15, 0.2) is 18.2 Å². The molecule has 1 aromatic carbocycles. The molecule has 2 aromatic rings. The number of rotatable bonds is 4. The molecule has 2 heterocycles. The molecule has 22 heavy (non-hydrogen) atoms. The molecule has 0 amide bonds. The molecule has 3 rings (SSSR count). The average molecular weight is 315 g/mol. The SMILES string of the molecule is CSCCc1nn(-c2ccc(C)c(C)c2)c2c1CCCCN2. The summed E-state index contributed by atoms with van der Waals surface area (Å²) in [7, 11) is 0. The lowest BCUT2D eigenvalue weighted by molar-refractivity contribution is 0.765. The van der Waals surface area contributed by atoms with Gasteiger partial charge in [-0.15, -0.1) is 0 Å². The second kappa shape index (κ2) is 6.78. The van der Waals surface area contributed by atoms with E-state index in [-0.39, 0.29) is 0 Å². The fraction of sp³-hybridized carbons (Fsp3) is 0.500. The summed E-state index contributed by atoms with van der Waals surface area (Å²) in [6.07, 6.45) is 6.87. The number of aryl methyl sites for hydroxylation is 3. The molecule has 0 saturated carbocycles. The quantitative estimate of drug-likeness (QED) is 0.919. The van der Waals surface area contributed by atoms with Gasteiger partial charge in [0.15, 0.2) is 0 Å². The highest BCUT2D eigenvalue weighted by atomic mass is 32.2. The van der Waals surface area contributed by atoms with Crippen LogP contribution in [0.25, 0.3) is 5.69 Å². The van der Waals surface area contributed by atoms with Gasteiger partial charge in [0.2, 0.25) is 0 Å². The molecular formula is C18H25N3S. The molecule has 0 spiro atoms. The van der Waals surface area contributed by atoms with Crippen molar-refractivity contribution in [2.75, 3.05) is 23.9 Å². The predicted molar refractivity (Wildman–Crippen MR) is 96.6 cm³/mol. The Morgan fingerprint density at radius 1 is 1.23 bits per heavy atom. The second-order valence-electron chi connectivity index (χ2n) is 6.08. The zero-order chi connectivity index (χ0) is 15.5. The lowest BCUT2D eigenvalue weighted by atomic mass is 10.1. The maximum absolute atomic E-state index is 4.95. The molecular weight excluding hydrogens is 290 g/mol. The number of fused-ring (bicyclic) bond motifs is 1. The molecule has 3 nitrogen and oxygen atoms in total. The highest BCUT2D eigenvalue weighted by Gasteiger charge is 2.20. The summed E-state index contributed by atoms with van der Waals surface area (Å²) >= 11 is 1.89. The van der Waals surface area contributed by atoms with Crippen LogP contribution in [0.5, 0.6) is 0 Å². The Morgan fingerprint density at radius 3 is 2.86 bits per heavy atom. The number of thioether (sulfide) groups is 1. The highest BCUT2D eigenvalue weighted by molar-refractivity contribution is 7.98. The van der Waals surface area contributed by atoms with Crippen LogP contribution in [-0.2, 0) is 12.8 Å². The minimum Gasteiger partial charge on any atom is -0.370 e. The first-order valence-corrected chi connectivity index (χ1v) is 9.51. The molecule has 4 heteroatoms. The molecule has 0 aliphatic carbocycles. The number of hydrogen-bond acceptors (Lipinski definition) is 3. The van der Waals surface area contributed by atoms with Crippen LogP contribution in [0.3, 0.4) is 0 Å². The fourth-order valence-corrected chi connectivity index (χ4v) is 3.41. The van der Waals surface area contributed by atoms with Gasteiger partial charge in [-0.2, -0.15) is 16.9 Å². The van der Waals surface area contributed by atoms with E-state index in [1.165, 1.54) is 46.7 Å². The number of aromatic nitrogens is 2. The molecule has 118 valence electrons. The lowest BCUT2D eigenvalue weighted by Crippen LogP contribution is -2.07. The average Bonchev–Trinajstić information content (AvgIpc) is 2.70. The summed E-state index contributed by atoms with van der Waals surface area (Å²) in [5.74, 6) is 2.35. The van der Waals surface area contributed by atoms with Crippen LogP contribution in [0.1, 0.15) is 35.2 Å². The third kappa shape index (κ3) is 3.02. The van der Waals surface area contributed by atoms with Crippen LogP contribution in [-0.4, -0.2) is 28.3 Å². The fourth-order valence-electron chi connectivity index (χ4n) is 3.02. The number of benzene rings is 1. The van der Waals surface area contributed by atoms with Crippen LogP contribution in [0.2, 0.25) is 0 Å². The van der Waals surface area contributed by atoms with Crippen molar-refractivity contribution in [2.45, 2.75) is 39.5 Å². The van der Waals surface area contributed by atoms with E-state index in [0.29, 0.717) is 0 Å². The Morgan fingerprint density at radius 2 is 2.09 bits per heavy atom. The van der Waals surface area contributed by atoms with Gasteiger partial charge in [-0.25, -0.2) is 4.68 Å². The Kier molecular flexibility index (Phi) is 4.77. The monoisotopic (exact) mass is 315 g/mol. The van der Waals surface area contributed by atoms with Crippen LogP contribution >= 0.6 is 11.8 Å². The third-order valence-electron chi connectivity index (χ3n) is 4.49. The van der Waals surface area contributed by atoms with Crippen molar-refractivity contribution in [3.8, 4) is 5.69 Å². The molecule has 1 aromatic heterocycles. The summed E-state index contributed by atoms with van der Waals surface area (Å²) in [6, 6.07) is 6.62. The Hall–Kier alpha value is -1.42. The highest BCUT2D eigenvalue weighted by Crippen LogP contribution is 2.29. The van der Waals surface area contributed by atoms with E-state index in [0.717, 1.165) is 25.1 Å². The van der Waals surface area contributed by atoms with Gasteiger partial charge in [0, 0.05) is 18.5 Å². The second-order valence-corrected chi connectivity index (χ2v) is 7.07. The summed E-state index contributed by atoms with van der Waals surface area (Å²) < 4.78 is 2.13. The van der Waals surface area contributed by atoms with Crippen molar-refractivity contribution in [3.05, 3.63) is 40.6 Å². The maximum Gasteiger partial charge on any atom is 0.133 e. The van der Waals surface area contributed by atoms with Crippen LogP contribution in [0.4, 0.5) is 5.82 Å². The van der Waals surface area contributed by atoms with E-state index in [9.17, 15) is 0 Å². The van der Waals surface area contributed by atoms with Gasteiger partial charge >= 0.3 is 0 Å².